The van der Waals surface area contributed by atoms with E-state index in [2.05, 4.69) is 4.83 Å². The topological polar surface area (TPSA) is 75.4 Å². The van der Waals surface area contributed by atoms with E-state index in [-0.39, 0.29) is 4.90 Å². The summed E-state index contributed by atoms with van der Waals surface area (Å²) in [4.78, 5) is 2.93. The molecule has 1 fully saturated rings. The zero-order valence-electron chi connectivity index (χ0n) is 11.4. The number of nitrogen functional groups attached to an aromatic ring is 1. The first-order valence-corrected chi connectivity index (χ1v) is 8.02. The van der Waals surface area contributed by atoms with Gasteiger partial charge in [0.2, 0.25) is 0 Å². The van der Waals surface area contributed by atoms with E-state index < -0.39 is 10.0 Å². The Hall–Kier alpha value is -1.11. The summed E-state index contributed by atoms with van der Waals surface area (Å²) in [5, 5.41) is 1.77. The Morgan fingerprint density at radius 1 is 1.16 bits per heavy atom. The Bertz CT molecular complexity index is 563. The third-order valence-electron chi connectivity index (χ3n) is 3.54. The molecule has 1 aliphatic heterocycles. The predicted molar refractivity (Wildman–Crippen MR) is 76.1 cm³/mol. The molecule has 1 saturated heterocycles. The van der Waals surface area contributed by atoms with Crippen molar-refractivity contribution in [3.05, 3.63) is 23.3 Å². The van der Waals surface area contributed by atoms with E-state index >= 15 is 0 Å². The molecule has 19 heavy (non-hydrogen) atoms. The molecule has 1 heterocycles. The monoisotopic (exact) mass is 283 g/mol. The van der Waals surface area contributed by atoms with E-state index in [0.29, 0.717) is 5.69 Å². The highest BCUT2D eigenvalue weighted by molar-refractivity contribution is 7.89. The van der Waals surface area contributed by atoms with Gasteiger partial charge in [-0.1, -0.05) is 6.42 Å². The number of sulfonamides is 1. The number of nitrogens with one attached hydrogen (secondary N) is 1. The van der Waals surface area contributed by atoms with E-state index in [9.17, 15) is 8.42 Å². The lowest BCUT2D eigenvalue weighted by molar-refractivity contribution is 0.200. The van der Waals surface area contributed by atoms with Crippen LogP contribution >= 0.6 is 0 Å². The van der Waals surface area contributed by atoms with Crippen molar-refractivity contribution in [2.75, 3.05) is 18.8 Å². The number of benzene rings is 1. The number of nitrogens with two attached hydrogens (primary N) is 1. The third-order valence-corrected chi connectivity index (χ3v) is 5.04. The lowest BCUT2D eigenvalue weighted by atomic mass is 10.1. The van der Waals surface area contributed by atoms with Gasteiger partial charge in [-0.25, -0.2) is 13.4 Å². The zero-order chi connectivity index (χ0) is 14.0. The second kappa shape index (κ2) is 5.48. The summed E-state index contributed by atoms with van der Waals surface area (Å²) < 4.78 is 24.8. The summed E-state index contributed by atoms with van der Waals surface area (Å²) in [6.45, 7) is 5.20. The quantitative estimate of drug-likeness (QED) is 0.826. The number of piperidine rings is 1. The lowest BCUT2D eigenvalue weighted by Crippen LogP contribution is -2.45. The van der Waals surface area contributed by atoms with Gasteiger partial charge in [0, 0.05) is 18.8 Å². The van der Waals surface area contributed by atoms with E-state index in [1.54, 1.807) is 18.0 Å². The number of nitrogens with zero attached hydrogens (tertiary/aromatic N) is 1. The van der Waals surface area contributed by atoms with Crippen molar-refractivity contribution in [1.29, 1.82) is 0 Å². The Kier molecular flexibility index (Phi) is 4.13. The maximum atomic E-state index is 12.4. The van der Waals surface area contributed by atoms with Crippen LogP contribution in [0.2, 0.25) is 0 Å². The summed E-state index contributed by atoms with van der Waals surface area (Å²) >= 11 is 0. The Labute approximate surface area is 114 Å². The molecule has 0 unspecified atom stereocenters. The average molecular weight is 283 g/mol. The van der Waals surface area contributed by atoms with Gasteiger partial charge < -0.3 is 5.73 Å². The molecule has 6 heteroatoms. The fourth-order valence-electron chi connectivity index (χ4n) is 2.34. The van der Waals surface area contributed by atoms with Crippen LogP contribution in [0.4, 0.5) is 5.69 Å². The minimum absolute atomic E-state index is 0.274. The zero-order valence-corrected chi connectivity index (χ0v) is 12.3. The van der Waals surface area contributed by atoms with Gasteiger partial charge in [-0.3, -0.25) is 0 Å². The highest BCUT2D eigenvalue weighted by atomic mass is 32.2. The number of hydrogen-bond donors (Lipinski definition) is 2. The summed E-state index contributed by atoms with van der Waals surface area (Å²) in [5.74, 6) is 0. The van der Waals surface area contributed by atoms with Gasteiger partial charge in [-0.05, 0) is 49.9 Å². The van der Waals surface area contributed by atoms with Gasteiger partial charge in [0.1, 0.15) is 0 Å². The molecule has 0 aromatic heterocycles. The van der Waals surface area contributed by atoms with E-state index in [0.717, 1.165) is 43.5 Å². The molecule has 0 amide bonds. The Morgan fingerprint density at radius 2 is 1.79 bits per heavy atom. The highest BCUT2D eigenvalue weighted by Crippen LogP contribution is 2.22. The van der Waals surface area contributed by atoms with Gasteiger partial charge in [-0.2, -0.15) is 0 Å². The van der Waals surface area contributed by atoms with Crippen molar-refractivity contribution in [2.24, 2.45) is 0 Å². The minimum atomic E-state index is -3.54. The fraction of sp³-hybridized carbons (Fsp3) is 0.538. The number of anilines is 1. The summed E-state index contributed by atoms with van der Waals surface area (Å²) in [6.07, 6.45) is 3.21. The van der Waals surface area contributed by atoms with Crippen LogP contribution in [0.25, 0.3) is 0 Å². The molecular weight excluding hydrogens is 262 g/mol. The summed E-state index contributed by atoms with van der Waals surface area (Å²) in [5.41, 5.74) is 7.86. The van der Waals surface area contributed by atoms with Gasteiger partial charge in [0.25, 0.3) is 10.0 Å². The molecule has 2 rings (SSSR count). The van der Waals surface area contributed by atoms with E-state index in [4.69, 9.17) is 5.73 Å². The van der Waals surface area contributed by atoms with E-state index in [1.807, 2.05) is 6.92 Å². The van der Waals surface area contributed by atoms with Crippen LogP contribution in [0.15, 0.2) is 17.0 Å². The van der Waals surface area contributed by atoms with Crippen molar-refractivity contribution in [3.8, 4) is 0 Å². The molecule has 106 valence electrons. The molecule has 0 saturated carbocycles. The first-order chi connectivity index (χ1) is 8.90. The lowest BCUT2D eigenvalue weighted by Gasteiger charge is -2.27. The molecule has 1 aliphatic rings. The van der Waals surface area contributed by atoms with Crippen LogP contribution in [0, 0.1) is 13.8 Å². The van der Waals surface area contributed by atoms with Gasteiger partial charge in [0.15, 0.2) is 0 Å². The molecule has 1 aromatic rings. The van der Waals surface area contributed by atoms with Crippen molar-refractivity contribution < 1.29 is 8.42 Å². The first-order valence-electron chi connectivity index (χ1n) is 6.54. The van der Waals surface area contributed by atoms with Crippen LogP contribution in [-0.2, 0) is 10.0 Å². The molecule has 0 bridgehead atoms. The first kappa shape index (κ1) is 14.3. The van der Waals surface area contributed by atoms with Crippen molar-refractivity contribution in [2.45, 2.75) is 38.0 Å². The molecule has 0 radical (unpaired) electrons. The van der Waals surface area contributed by atoms with Crippen LogP contribution in [0.3, 0.4) is 0 Å². The predicted octanol–water partition coefficient (Wildman–Crippen LogP) is 1.56. The largest absolute Gasteiger partial charge is 0.399 e. The maximum Gasteiger partial charge on any atom is 0.253 e. The summed E-state index contributed by atoms with van der Waals surface area (Å²) in [6, 6.07) is 3.31. The minimum Gasteiger partial charge on any atom is -0.399 e. The Balaban J connectivity index is 2.28. The molecule has 1 aromatic carbocycles. The van der Waals surface area contributed by atoms with Crippen LogP contribution in [0.5, 0.6) is 0 Å². The molecule has 0 spiro atoms. The van der Waals surface area contributed by atoms with Crippen molar-refractivity contribution in [1.82, 2.24) is 9.84 Å². The molecule has 0 aliphatic carbocycles. The third kappa shape index (κ3) is 3.26. The number of hydrazine groups is 1. The second-order valence-corrected chi connectivity index (χ2v) is 6.73. The van der Waals surface area contributed by atoms with Crippen LogP contribution < -0.4 is 10.6 Å². The average Bonchev–Trinajstić information content (AvgIpc) is 2.34. The van der Waals surface area contributed by atoms with Crippen molar-refractivity contribution in [3.63, 3.8) is 0 Å². The fourth-order valence-corrected chi connectivity index (χ4v) is 3.81. The number of aryl methyl sites for hydroxylation is 1. The highest BCUT2D eigenvalue weighted by Gasteiger charge is 2.22. The second-order valence-electron chi connectivity index (χ2n) is 5.10. The van der Waals surface area contributed by atoms with Gasteiger partial charge >= 0.3 is 0 Å². The molecule has 3 N–H and O–H groups in total. The smallest absolute Gasteiger partial charge is 0.253 e. The Morgan fingerprint density at radius 3 is 2.42 bits per heavy atom. The number of hydrogen-bond acceptors (Lipinski definition) is 4. The van der Waals surface area contributed by atoms with Crippen molar-refractivity contribution >= 4 is 15.7 Å². The molecular formula is C13H21N3O2S. The SMILES string of the molecule is Cc1cc(N)cc(S(=O)(=O)NN2CCCCC2)c1C. The maximum absolute atomic E-state index is 12.4. The van der Waals surface area contributed by atoms with Gasteiger partial charge in [-0.15, -0.1) is 4.83 Å². The molecule has 0 atom stereocenters. The van der Waals surface area contributed by atoms with Crippen LogP contribution in [-0.4, -0.2) is 26.5 Å². The normalized spacial score (nSPS) is 17.6. The standard InChI is InChI=1S/C13H21N3O2S/c1-10-8-12(14)9-13(11(10)2)19(17,18)15-16-6-4-3-5-7-16/h8-9,15H,3-7,14H2,1-2H3. The van der Waals surface area contributed by atoms with Crippen LogP contribution in [0.1, 0.15) is 30.4 Å². The molecule has 5 nitrogen and oxygen atoms in total. The van der Waals surface area contributed by atoms with Gasteiger partial charge in [0.05, 0.1) is 4.90 Å². The number of rotatable bonds is 3. The summed E-state index contributed by atoms with van der Waals surface area (Å²) in [7, 11) is -3.54. The van der Waals surface area contributed by atoms with E-state index in [1.165, 1.54) is 6.07 Å².